The molecule has 0 bridgehead atoms. The standard InChI is InChI=1S/C15H16N4O2S2/c1-10(11-4-3-5-12(8-11)23(20,21)16-2)19-14-13-6-7-22-15(13)18-9-17-14/h3-10,16H,1-2H3,(H,17,18,19). The molecule has 0 aliphatic heterocycles. The second-order valence-corrected chi connectivity index (χ2v) is 7.79. The van der Waals surface area contributed by atoms with Gasteiger partial charge in [-0.25, -0.2) is 23.1 Å². The van der Waals surface area contributed by atoms with Gasteiger partial charge in [-0.05, 0) is 43.1 Å². The van der Waals surface area contributed by atoms with Gasteiger partial charge in [-0.2, -0.15) is 0 Å². The SMILES string of the molecule is CNS(=O)(=O)c1cccc(C(C)Nc2ncnc3sccc23)c1. The van der Waals surface area contributed by atoms with E-state index in [2.05, 4.69) is 20.0 Å². The maximum Gasteiger partial charge on any atom is 0.240 e. The second-order valence-electron chi connectivity index (χ2n) is 5.01. The van der Waals surface area contributed by atoms with Crippen molar-refractivity contribution in [3.05, 3.63) is 47.6 Å². The molecular weight excluding hydrogens is 332 g/mol. The van der Waals surface area contributed by atoms with E-state index >= 15 is 0 Å². The molecule has 8 heteroatoms. The Balaban J connectivity index is 1.91. The minimum atomic E-state index is -3.45. The summed E-state index contributed by atoms with van der Waals surface area (Å²) in [4.78, 5) is 9.67. The van der Waals surface area contributed by atoms with Gasteiger partial charge in [-0.15, -0.1) is 11.3 Å². The highest BCUT2D eigenvalue weighted by Crippen LogP contribution is 2.27. The fourth-order valence-electron chi connectivity index (χ4n) is 2.26. The predicted octanol–water partition coefficient (Wildman–Crippen LogP) is 2.77. The van der Waals surface area contributed by atoms with Crippen LogP contribution in [-0.4, -0.2) is 25.4 Å². The third kappa shape index (κ3) is 3.19. The van der Waals surface area contributed by atoms with E-state index in [1.54, 1.807) is 29.5 Å². The molecule has 0 amide bonds. The molecule has 2 aromatic heterocycles. The van der Waals surface area contributed by atoms with Crippen LogP contribution in [0, 0.1) is 0 Å². The molecule has 0 radical (unpaired) electrons. The van der Waals surface area contributed by atoms with E-state index < -0.39 is 10.0 Å². The van der Waals surface area contributed by atoms with Gasteiger partial charge in [0.2, 0.25) is 10.0 Å². The number of thiophene rings is 1. The minimum Gasteiger partial charge on any atom is -0.363 e. The summed E-state index contributed by atoms with van der Waals surface area (Å²) in [7, 11) is -2.05. The Hall–Kier alpha value is -2.03. The lowest BCUT2D eigenvalue weighted by Crippen LogP contribution is -2.19. The van der Waals surface area contributed by atoms with E-state index in [0.717, 1.165) is 21.6 Å². The molecule has 1 aromatic carbocycles. The highest BCUT2D eigenvalue weighted by atomic mass is 32.2. The van der Waals surface area contributed by atoms with Gasteiger partial charge in [0.1, 0.15) is 17.0 Å². The summed E-state index contributed by atoms with van der Waals surface area (Å²) in [6.07, 6.45) is 1.52. The topological polar surface area (TPSA) is 84.0 Å². The minimum absolute atomic E-state index is 0.0972. The van der Waals surface area contributed by atoms with Crippen molar-refractivity contribution >= 4 is 37.4 Å². The molecule has 1 unspecified atom stereocenters. The average molecular weight is 348 g/mol. The smallest absolute Gasteiger partial charge is 0.240 e. The van der Waals surface area contributed by atoms with E-state index in [1.165, 1.54) is 13.4 Å². The number of fused-ring (bicyclic) bond motifs is 1. The Morgan fingerprint density at radius 2 is 2.04 bits per heavy atom. The van der Waals surface area contributed by atoms with Crippen LogP contribution >= 0.6 is 11.3 Å². The molecule has 3 aromatic rings. The molecular formula is C15H16N4O2S2. The normalized spacial score (nSPS) is 13.1. The number of benzene rings is 1. The lowest BCUT2D eigenvalue weighted by Gasteiger charge is -2.16. The summed E-state index contributed by atoms with van der Waals surface area (Å²) in [5, 5.41) is 6.25. The van der Waals surface area contributed by atoms with E-state index in [1.807, 2.05) is 24.4 Å². The predicted molar refractivity (Wildman–Crippen MR) is 92.1 cm³/mol. The van der Waals surface area contributed by atoms with Gasteiger partial charge in [0.15, 0.2) is 0 Å². The van der Waals surface area contributed by atoms with Crippen molar-refractivity contribution in [2.24, 2.45) is 0 Å². The highest BCUT2D eigenvalue weighted by Gasteiger charge is 2.15. The number of anilines is 1. The molecule has 0 saturated carbocycles. The van der Waals surface area contributed by atoms with Crippen molar-refractivity contribution in [2.75, 3.05) is 12.4 Å². The summed E-state index contributed by atoms with van der Waals surface area (Å²) >= 11 is 1.55. The van der Waals surface area contributed by atoms with Crippen molar-refractivity contribution in [3.8, 4) is 0 Å². The molecule has 23 heavy (non-hydrogen) atoms. The van der Waals surface area contributed by atoms with Gasteiger partial charge in [0.25, 0.3) is 0 Å². The van der Waals surface area contributed by atoms with Crippen LogP contribution in [0.1, 0.15) is 18.5 Å². The van der Waals surface area contributed by atoms with Gasteiger partial charge >= 0.3 is 0 Å². The Morgan fingerprint density at radius 3 is 2.83 bits per heavy atom. The largest absolute Gasteiger partial charge is 0.363 e. The highest BCUT2D eigenvalue weighted by molar-refractivity contribution is 7.89. The molecule has 0 aliphatic carbocycles. The first kappa shape index (κ1) is 15.9. The molecule has 0 spiro atoms. The lowest BCUT2D eigenvalue weighted by molar-refractivity contribution is 0.588. The lowest BCUT2D eigenvalue weighted by atomic mass is 10.1. The molecule has 2 heterocycles. The number of aromatic nitrogens is 2. The van der Waals surface area contributed by atoms with Crippen LogP contribution in [0.25, 0.3) is 10.2 Å². The zero-order chi connectivity index (χ0) is 16.4. The fourth-order valence-corrected chi connectivity index (χ4v) is 3.78. The average Bonchev–Trinajstić information content (AvgIpc) is 3.04. The molecule has 1 atom stereocenters. The molecule has 3 rings (SSSR count). The molecule has 0 saturated heterocycles. The molecule has 0 aliphatic rings. The number of nitrogens with one attached hydrogen (secondary N) is 2. The van der Waals surface area contributed by atoms with Crippen molar-refractivity contribution in [3.63, 3.8) is 0 Å². The number of sulfonamides is 1. The summed E-state index contributed by atoms with van der Waals surface area (Å²) in [5.74, 6) is 0.741. The number of hydrogen-bond donors (Lipinski definition) is 2. The Bertz CT molecular complexity index is 937. The first-order valence-corrected chi connectivity index (χ1v) is 9.36. The van der Waals surface area contributed by atoms with Gasteiger partial charge in [0, 0.05) is 0 Å². The van der Waals surface area contributed by atoms with Crippen LogP contribution in [0.15, 0.2) is 46.9 Å². The van der Waals surface area contributed by atoms with Gasteiger partial charge < -0.3 is 5.32 Å². The first-order valence-electron chi connectivity index (χ1n) is 6.99. The molecule has 120 valence electrons. The fraction of sp³-hybridized carbons (Fsp3) is 0.200. The monoisotopic (exact) mass is 348 g/mol. The maximum atomic E-state index is 11.9. The summed E-state index contributed by atoms with van der Waals surface area (Å²) < 4.78 is 26.2. The van der Waals surface area contributed by atoms with E-state index in [0.29, 0.717) is 0 Å². The van der Waals surface area contributed by atoms with Gasteiger partial charge in [-0.1, -0.05) is 12.1 Å². The van der Waals surface area contributed by atoms with Crippen LogP contribution in [0.5, 0.6) is 0 Å². The number of rotatable bonds is 5. The van der Waals surface area contributed by atoms with Crippen molar-refractivity contribution in [1.82, 2.24) is 14.7 Å². The summed E-state index contributed by atoms with van der Waals surface area (Å²) in [6.45, 7) is 1.96. The summed E-state index contributed by atoms with van der Waals surface area (Å²) in [6, 6.07) is 8.73. The molecule has 0 fully saturated rings. The van der Waals surface area contributed by atoms with Crippen LogP contribution in [-0.2, 0) is 10.0 Å². The van der Waals surface area contributed by atoms with E-state index in [4.69, 9.17) is 0 Å². The van der Waals surface area contributed by atoms with Crippen LogP contribution in [0.4, 0.5) is 5.82 Å². The van der Waals surface area contributed by atoms with Crippen LogP contribution in [0.3, 0.4) is 0 Å². The van der Waals surface area contributed by atoms with Gasteiger partial charge in [-0.3, -0.25) is 0 Å². The zero-order valence-electron chi connectivity index (χ0n) is 12.6. The van der Waals surface area contributed by atoms with Crippen molar-refractivity contribution in [2.45, 2.75) is 17.9 Å². The number of hydrogen-bond acceptors (Lipinski definition) is 6. The Labute approximate surface area is 138 Å². The van der Waals surface area contributed by atoms with E-state index in [9.17, 15) is 8.42 Å². The van der Waals surface area contributed by atoms with Crippen molar-refractivity contribution in [1.29, 1.82) is 0 Å². The Morgan fingerprint density at radius 1 is 1.22 bits per heavy atom. The maximum absolute atomic E-state index is 11.9. The molecule has 2 N–H and O–H groups in total. The van der Waals surface area contributed by atoms with Crippen LogP contribution < -0.4 is 10.0 Å². The third-order valence-electron chi connectivity index (χ3n) is 3.55. The van der Waals surface area contributed by atoms with Gasteiger partial charge in [0.05, 0.1) is 16.3 Å². The summed E-state index contributed by atoms with van der Waals surface area (Å²) in [5.41, 5.74) is 0.864. The quantitative estimate of drug-likeness (QED) is 0.741. The van der Waals surface area contributed by atoms with Crippen molar-refractivity contribution < 1.29 is 8.42 Å². The molecule has 6 nitrogen and oxygen atoms in total. The first-order chi connectivity index (χ1) is 11.0. The third-order valence-corrected chi connectivity index (χ3v) is 5.78. The number of nitrogens with zero attached hydrogens (tertiary/aromatic N) is 2. The second kappa shape index (κ2) is 6.23. The zero-order valence-corrected chi connectivity index (χ0v) is 14.3. The Kier molecular flexibility index (Phi) is 4.29. The van der Waals surface area contributed by atoms with E-state index in [-0.39, 0.29) is 10.9 Å². The van der Waals surface area contributed by atoms with Crippen LogP contribution in [0.2, 0.25) is 0 Å².